The van der Waals surface area contributed by atoms with Gasteiger partial charge < -0.3 is 14.5 Å². The Bertz CT molecular complexity index is 1380. The van der Waals surface area contributed by atoms with E-state index in [2.05, 4.69) is 20.1 Å². The highest BCUT2D eigenvalue weighted by molar-refractivity contribution is 7.90. The Morgan fingerprint density at radius 1 is 1.21 bits per heavy atom. The van der Waals surface area contributed by atoms with Crippen molar-refractivity contribution in [3.8, 4) is 22.8 Å². The molecule has 1 amide bonds. The number of amides is 1. The smallest absolute Gasteiger partial charge is 0.262 e. The van der Waals surface area contributed by atoms with E-state index < -0.39 is 40.0 Å². The molecule has 0 radical (unpaired) electrons. The first-order valence-corrected chi connectivity index (χ1v) is 10.1. The first-order chi connectivity index (χ1) is 15.2. The van der Waals surface area contributed by atoms with Gasteiger partial charge in [0.2, 0.25) is 20.6 Å². The second-order valence-corrected chi connectivity index (χ2v) is 8.20. The molecule has 4 rings (SSSR count). The van der Waals surface area contributed by atoms with Crippen LogP contribution in [0.5, 0.6) is 0 Å². The SMILES string of the molecule is [2H]C1([2H])N(C)C(=O)[C@](O)(c2cc(-c3cccc(-c4ccnc(S(C)(=O)=O)n4)n3)no2)C1([2H])[2H]. The van der Waals surface area contributed by atoms with Crippen molar-refractivity contribution in [2.75, 3.05) is 19.8 Å². The van der Waals surface area contributed by atoms with Crippen molar-refractivity contribution in [1.29, 1.82) is 0 Å². The lowest BCUT2D eigenvalue weighted by Gasteiger charge is -2.16. The molecular weight excluding hydrogens is 398 g/mol. The number of aliphatic hydroxyl groups is 1. The quantitative estimate of drug-likeness (QED) is 0.604. The lowest BCUT2D eigenvalue weighted by atomic mass is 9.98. The van der Waals surface area contributed by atoms with E-state index in [9.17, 15) is 18.3 Å². The van der Waals surface area contributed by atoms with Gasteiger partial charge in [-0.15, -0.1) is 0 Å². The molecule has 1 atom stereocenters. The van der Waals surface area contributed by atoms with E-state index in [1.807, 2.05) is 0 Å². The minimum atomic E-state index is -3.65. The zero-order valence-electron chi connectivity index (χ0n) is 19.2. The predicted octanol–water partition coefficient (Wildman–Crippen LogP) is 0.647. The molecule has 150 valence electrons. The summed E-state index contributed by atoms with van der Waals surface area (Å²) < 4.78 is 60.5. The Morgan fingerprint density at radius 3 is 2.55 bits per heavy atom. The fourth-order valence-electron chi connectivity index (χ4n) is 2.63. The van der Waals surface area contributed by atoms with Gasteiger partial charge in [-0.2, -0.15) is 0 Å². The van der Waals surface area contributed by atoms with Crippen molar-refractivity contribution in [2.45, 2.75) is 17.1 Å². The van der Waals surface area contributed by atoms with E-state index in [1.165, 1.54) is 18.3 Å². The molecule has 0 aliphatic carbocycles. The van der Waals surface area contributed by atoms with Crippen LogP contribution in [-0.2, 0) is 20.2 Å². The number of likely N-dealkylation sites (tertiary alicyclic amines) is 1. The molecule has 0 spiro atoms. The van der Waals surface area contributed by atoms with Gasteiger partial charge in [-0.1, -0.05) is 11.2 Å². The highest BCUT2D eigenvalue weighted by Gasteiger charge is 2.48. The van der Waals surface area contributed by atoms with Crippen LogP contribution in [-0.4, -0.2) is 64.2 Å². The summed E-state index contributed by atoms with van der Waals surface area (Å²) in [5, 5.41) is 14.3. The first kappa shape index (κ1) is 14.8. The number of sulfone groups is 1. The maximum Gasteiger partial charge on any atom is 0.262 e. The van der Waals surface area contributed by atoms with E-state index in [0.717, 1.165) is 19.4 Å². The highest BCUT2D eigenvalue weighted by atomic mass is 32.2. The van der Waals surface area contributed by atoms with Crippen LogP contribution in [0.3, 0.4) is 0 Å². The number of pyridine rings is 1. The van der Waals surface area contributed by atoms with Crippen LogP contribution in [0, 0.1) is 0 Å². The van der Waals surface area contributed by atoms with Crippen molar-refractivity contribution in [2.24, 2.45) is 0 Å². The maximum atomic E-state index is 12.6. The van der Waals surface area contributed by atoms with Gasteiger partial charge in [0.25, 0.3) is 5.91 Å². The molecular formula is C18H17N5O5S. The maximum absolute atomic E-state index is 12.6. The first-order valence-electron chi connectivity index (χ1n) is 10.2. The molecule has 1 N–H and O–H groups in total. The predicted molar refractivity (Wildman–Crippen MR) is 100 cm³/mol. The number of likely N-dealkylation sites (N-methyl/N-ethyl adjacent to an activating group) is 1. The van der Waals surface area contributed by atoms with E-state index >= 15 is 0 Å². The lowest BCUT2D eigenvalue weighted by Crippen LogP contribution is -2.35. The third-order valence-corrected chi connectivity index (χ3v) is 4.98. The van der Waals surface area contributed by atoms with E-state index in [0.29, 0.717) is 4.90 Å². The van der Waals surface area contributed by atoms with Crippen LogP contribution in [0.4, 0.5) is 0 Å². The third-order valence-electron chi connectivity index (χ3n) is 4.12. The number of carbonyl (C=O) groups is 1. The number of nitrogens with zero attached hydrogens (tertiary/aromatic N) is 5. The molecule has 4 heterocycles. The van der Waals surface area contributed by atoms with Crippen molar-refractivity contribution in [1.82, 2.24) is 25.0 Å². The van der Waals surface area contributed by atoms with E-state index in [1.54, 1.807) is 12.1 Å². The van der Waals surface area contributed by atoms with Crippen LogP contribution in [0.2, 0.25) is 0 Å². The molecule has 1 saturated heterocycles. The van der Waals surface area contributed by atoms with E-state index in [-0.39, 0.29) is 27.9 Å². The average molecular weight is 419 g/mol. The summed E-state index contributed by atoms with van der Waals surface area (Å²) in [6.07, 6.45) is -0.809. The highest BCUT2D eigenvalue weighted by Crippen LogP contribution is 2.34. The molecule has 29 heavy (non-hydrogen) atoms. The Morgan fingerprint density at radius 2 is 1.90 bits per heavy atom. The summed E-state index contributed by atoms with van der Waals surface area (Å²) in [4.78, 5) is 25.1. The molecule has 1 aliphatic rings. The summed E-state index contributed by atoms with van der Waals surface area (Å²) in [6, 6.07) is 7.22. The number of aromatic nitrogens is 4. The van der Waals surface area contributed by atoms with Gasteiger partial charge in [0.15, 0.2) is 5.76 Å². The standard InChI is InChI=1S/C18H17N5O5S/c1-23-9-7-18(25,16(23)24)15-10-14(22-28-15)12-5-3-4-11(20-12)13-6-8-19-17(21-13)29(2,26)27/h3-6,8,10,25H,7,9H2,1-2H3/t18-/m1/s1/i7D2,9D2. The largest absolute Gasteiger partial charge is 0.373 e. The Hall–Kier alpha value is -3.18. The second kappa shape index (κ2) is 6.71. The molecule has 11 heteroatoms. The second-order valence-electron chi connectivity index (χ2n) is 6.29. The third kappa shape index (κ3) is 3.38. The van der Waals surface area contributed by atoms with Gasteiger partial charge in [0.1, 0.15) is 5.69 Å². The molecule has 10 nitrogen and oxygen atoms in total. The fraction of sp³-hybridized carbons (Fsp3) is 0.278. The van der Waals surface area contributed by atoms with Gasteiger partial charge in [0, 0.05) is 43.9 Å². The molecule has 3 aromatic rings. The van der Waals surface area contributed by atoms with Crippen molar-refractivity contribution < 1.29 is 28.3 Å². The lowest BCUT2D eigenvalue weighted by molar-refractivity contribution is -0.144. The molecule has 0 saturated carbocycles. The van der Waals surface area contributed by atoms with Gasteiger partial charge in [0.05, 0.1) is 17.1 Å². The van der Waals surface area contributed by atoms with Gasteiger partial charge in [-0.25, -0.2) is 23.4 Å². The van der Waals surface area contributed by atoms with Crippen LogP contribution >= 0.6 is 0 Å². The van der Waals surface area contributed by atoms with Crippen molar-refractivity contribution in [3.63, 3.8) is 0 Å². The number of hydrogen-bond acceptors (Lipinski definition) is 9. The summed E-state index contributed by atoms with van der Waals surface area (Å²) in [6.45, 7) is -2.81. The van der Waals surface area contributed by atoms with Crippen molar-refractivity contribution >= 4 is 15.7 Å². The normalized spacial score (nSPS) is 25.2. The van der Waals surface area contributed by atoms with Gasteiger partial charge in [-0.05, 0) is 18.2 Å². The van der Waals surface area contributed by atoms with Crippen LogP contribution in [0.25, 0.3) is 22.8 Å². The average Bonchev–Trinajstić information content (AvgIpc) is 3.30. The summed E-state index contributed by atoms with van der Waals surface area (Å²) in [5.74, 6) is -1.81. The Labute approximate surface area is 171 Å². The molecule has 0 aromatic carbocycles. The topological polar surface area (TPSA) is 139 Å². The molecule has 1 aliphatic heterocycles. The summed E-state index contributed by atoms with van der Waals surface area (Å²) in [5.41, 5.74) is -2.26. The van der Waals surface area contributed by atoms with Crippen molar-refractivity contribution in [3.05, 3.63) is 42.3 Å². The minimum Gasteiger partial charge on any atom is -0.373 e. The van der Waals surface area contributed by atoms with Gasteiger partial charge in [-0.3, -0.25) is 4.79 Å². The monoisotopic (exact) mass is 419 g/mol. The number of hydrogen-bond donors (Lipinski definition) is 1. The zero-order chi connectivity index (χ0) is 24.4. The zero-order valence-corrected chi connectivity index (χ0v) is 16.0. The fourth-order valence-corrected chi connectivity index (χ4v) is 3.14. The number of carbonyl (C=O) groups excluding carboxylic acids is 1. The van der Waals surface area contributed by atoms with Crippen LogP contribution < -0.4 is 0 Å². The Balaban J connectivity index is 1.75. The van der Waals surface area contributed by atoms with E-state index in [4.69, 9.17) is 10.0 Å². The number of rotatable bonds is 4. The minimum absolute atomic E-state index is 0.0244. The van der Waals surface area contributed by atoms with Crippen LogP contribution in [0.15, 0.2) is 46.2 Å². The summed E-state index contributed by atoms with van der Waals surface area (Å²) in [7, 11) is -2.61. The van der Waals surface area contributed by atoms with Gasteiger partial charge >= 0.3 is 0 Å². The summed E-state index contributed by atoms with van der Waals surface area (Å²) >= 11 is 0. The van der Waals surface area contributed by atoms with Crippen LogP contribution in [0.1, 0.15) is 17.6 Å². The molecule has 0 unspecified atom stereocenters. The molecule has 3 aromatic heterocycles. The molecule has 0 bridgehead atoms. The molecule has 1 fully saturated rings. The Kier molecular flexibility index (Phi) is 3.42.